The molecule has 0 saturated carbocycles. The Hall–Kier alpha value is -0.810. The Morgan fingerprint density at radius 3 is 2.14 bits per heavy atom. The summed E-state index contributed by atoms with van der Waals surface area (Å²) in [6, 6.07) is 1.16. The van der Waals surface area contributed by atoms with Crippen molar-refractivity contribution in [1.82, 2.24) is 20.4 Å². The van der Waals surface area contributed by atoms with Gasteiger partial charge < -0.3 is 15.5 Å². The van der Waals surface area contributed by atoms with Crippen molar-refractivity contribution in [3.8, 4) is 0 Å². The van der Waals surface area contributed by atoms with E-state index in [1.54, 1.807) is 0 Å². The SMILES string of the molecule is CN=C(NCCN1CCCCC1)NCCN(C(C)C)C(C)C. The second-order valence-electron chi connectivity index (χ2n) is 6.75. The van der Waals surface area contributed by atoms with Crippen LogP contribution in [0, 0.1) is 0 Å². The van der Waals surface area contributed by atoms with Crippen molar-refractivity contribution in [1.29, 1.82) is 0 Å². The second-order valence-corrected chi connectivity index (χ2v) is 6.75. The monoisotopic (exact) mass is 311 g/mol. The Kier molecular flexibility index (Phi) is 9.48. The van der Waals surface area contributed by atoms with Gasteiger partial charge in [-0.2, -0.15) is 0 Å². The third-order valence-corrected chi connectivity index (χ3v) is 4.38. The quantitative estimate of drug-likeness (QED) is 0.529. The molecule has 0 spiro atoms. The standard InChI is InChI=1S/C17H37N5/c1-15(2)22(16(3)4)14-10-20-17(18-5)19-9-13-21-11-7-6-8-12-21/h15-16H,6-14H2,1-5H3,(H2,18,19,20). The molecule has 5 nitrogen and oxygen atoms in total. The van der Waals surface area contributed by atoms with E-state index in [-0.39, 0.29) is 0 Å². The summed E-state index contributed by atoms with van der Waals surface area (Å²) in [5.74, 6) is 0.921. The highest BCUT2D eigenvalue weighted by atomic mass is 15.2. The van der Waals surface area contributed by atoms with Gasteiger partial charge in [-0.15, -0.1) is 0 Å². The molecule has 1 fully saturated rings. The first-order chi connectivity index (χ1) is 10.5. The van der Waals surface area contributed by atoms with Gasteiger partial charge in [-0.3, -0.25) is 9.89 Å². The van der Waals surface area contributed by atoms with Crippen LogP contribution in [0.5, 0.6) is 0 Å². The highest BCUT2D eigenvalue weighted by Gasteiger charge is 2.13. The van der Waals surface area contributed by atoms with E-state index in [0.717, 1.165) is 32.1 Å². The molecular weight excluding hydrogens is 274 g/mol. The molecule has 130 valence electrons. The summed E-state index contributed by atoms with van der Waals surface area (Å²) < 4.78 is 0. The summed E-state index contributed by atoms with van der Waals surface area (Å²) in [5, 5.41) is 6.85. The fraction of sp³-hybridized carbons (Fsp3) is 0.941. The van der Waals surface area contributed by atoms with Crippen LogP contribution in [0.3, 0.4) is 0 Å². The highest BCUT2D eigenvalue weighted by molar-refractivity contribution is 5.79. The van der Waals surface area contributed by atoms with Gasteiger partial charge in [0.1, 0.15) is 0 Å². The Morgan fingerprint density at radius 2 is 1.59 bits per heavy atom. The molecule has 2 N–H and O–H groups in total. The van der Waals surface area contributed by atoms with Crippen molar-refractivity contribution in [2.24, 2.45) is 4.99 Å². The number of piperidine rings is 1. The molecule has 0 radical (unpaired) electrons. The summed E-state index contributed by atoms with van der Waals surface area (Å²) in [5.41, 5.74) is 0. The molecular formula is C17H37N5. The van der Waals surface area contributed by atoms with Gasteiger partial charge in [-0.25, -0.2) is 0 Å². The van der Waals surface area contributed by atoms with Gasteiger partial charge in [-0.1, -0.05) is 6.42 Å². The fourth-order valence-corrected chi connectivity index (χ4v) is 3.15. The lowest BCUT2D eigenvalue weighted by Crippen LogP contribution is -2.46. The van der Waals surface area contributed by atoms with Crippen LogP contribution < -0.4 is 10.6 Å². The summed E-state index contributed by atoms with van der Waals surface area (Å²) in [4.78, 5) is 9.35. The maximum absolute atomic E-state index is 4.31. The number of hydrogen-bond acceptors (Lipinski definition) is 3. The summed E-state index contributed by atoms with van der Waals surface area (Å²) in [6.07, 6.45) is 4.11. The van der Waals surface area contributed by atoms with Crippen molar-refractivity contribution in [3.05, 3.63) is 0 Å². The number of hydrogen-bond donors (Lipinski definition) is 2. The third-order valence-electron chi connectivity index (χ3n) is 4.38. The molecule has 0 bridgehead atoms. The zero-order chi connectivity index (χ0) is 16.4. The topological polar surface area (TPSA) is 42.9 Å². The normalized spacial score (nSPS) is 17.5. The van der Waals surface area contributed by atoms with Gasteiger partial charge in [0.05, 0.1) is 0 Å². The Balaban J connectivity index is 2.19. The number of nitrogens with zero attached hydrogens (tertiary/aromatic N) is 3. The summed E-state index contributed by atoms with van der Waals surface area (Å²) >= 11 is 0. The van der Waals surface area contributed by atoms with Crippen LogP contribution in [0.1, 0.15) is 47.0 Å². The van der Waals surface area contributed by atoms with Gasteiger partial charge in [0, 0.05) is 45.3 Å². The molecule has 1 aliphatic heterocycles. The molecule has 0 unspecified atom stereocenters. The maximum atomic E-state index is 4.31. The lowest BCUT2D eigenvalue weighted by Gasteiger charge is -2.30. The van der Waals surface area contributed by atoms with Crippen LogP contribution in [0.2, 0.25) is 0 Å². The van der Waals surface area contributed by atoms with Crippen molar-refractivity contribution < 1.29 is 0 Å². The minimum Gasteiger partial charge on any atom is -0.355 e. The molecule has 0 atom stereocenters. The van der Waals surface area contributed by atoms with Crippen molar-refractivity contribution >= 4 is 5.96 Å². The van der Waals surface area contributed by atoms with Crippen LogP contribution in [0.25, 0.3) is 0 Å². The predicted octanol–water partition coefficient (Wildman–Crippen LogP) is 1.76. The smallest absolute Gasteiger partial charge is 0.191 e. The first kappa shape index (κ1) is 19.2. The lowest BCUT2D eigenvalue weighted by molar-refractivity contribution is 0.178. The Bertz CT molecular complexity index is 300. The van der Waals surface area contributed by atoms with E-state index in [1.165, 1.54) is 32.4 Å². The van der Waals surface area contributed by atoms with Gasteiger partial charge in [0.15, 0.2) is 5.96 Å². The van der Waals surface area contributed by atoms with Crippen LogP contribution >= 0.6 is 0 Å². The first-order valence-electron chi connectivity index (χ1n) is 8.97. The van der Waals surface area contributed by atoms with Gasteiger partial charge in [-0.05, 0) is 53.6 Å². The van der Waals surface area contributed by atoms with E-state index in [1.807, 2.05) is 7.05 Å². The van der Waals surface area contributed by atoms with Crippen LogP contribution in [0.4, 0.5) is 0 Å². The third kappa shape index (κ3) is 7.45. The predicted molar refractivity (Wildman–Crippen MR) is 96.6 cm³/mol. The molecule has 5 heteroatoms. The van der Waals surface area contributed by atoms with Crippen LogP contribution in [-0.2, 0) is 0 Å². The number of guanidine groups is 1. The van der Waals surface area contributed by atoms with Crippen LogP contribution in [-0.4, -0.2) is 74.2 Å². The Labute approximate surface area is 137 Å². The molecule has 0 aromatic heterocycles. The van der Waals surface area contributed by atoms with E-state index >= 15 is 0 Å². The van der Waals surface area contributed by atoms with E-state index in [9.17, 15) is 0 Å². The highest BCUT2D eigenvalue weighted by Crippen LogP contribution is 2.07. The van der Waals surface area contributed by atoms with E-state index < -0.39 is 0 Å². The average molecular weight is 312 g/mol. The summed E-state index contributed by atoms with van der Waals surface area (Å²) in [7, 11) is 1.85. The van der Waals surface area contributed by atoms with Gasteiger partial charge >= 0.3 is 0 Å². The molecule has 1 heterocycles. The van der Waals surface area contributed by atoms with E-state index in [2.05, 4.69) is 53.1 Å². The van der Waals surface area contributed by atoms with Gasteiger partial charge in [0.2, 0.25) is 0 Å². The summed E-state index contributed by atoms with van der Waals surface area (Å²) in [6.45, 7) is 15.6. The van der Waals surface area contributed by atoms with Crippen LogP contribution in [0.15, 0.2) is 4.99 Å². The second kappa shape index (κ2) is 10.8. The molecule has 1 aliphatic rings. The molecule has 0 aliphatic carbocycles. The van der Waals surface area contributed by atoms with Crippen molar-refractivity contribution in [2.75, 3.05) is 46.3 Å². The van der Waals surface area contributed by atoms with E-state index in [0.29, 0.717) is 12.1 Å². The van der Waals surface area contributed by atoms with Crippen molar-refractivity contribution in [3.63, 3.8) is 0 Å². The van der Waals surface area contributed by atoms with Crippen molar-refractivity contribution in [2.45, 2.75) is 59.0 Å². The minimum absolute atomic E-state index is 0.580. The minimum atomic E-state index is 0.580. The number of rotatable bonds is 8. The zero-order valence-electron chi connectivity index (χ0n) is 15.4. The Morgan fingerprint density at radius 1 is 1.00 bits per heavy atom. The molecule has 1 rings (SSSR count). The number of likely N-dealkylation sites (tertiary alicyclic amines) is 1. The number of nitrogens with one attached hydrogen (secondary N) is 2. The zero-order valence-corrected chi connectivity index (χ0v) is 15.4. The fourth-order valence-electron chi connectivity index (χ4n) is 3.15. The molecule has 1 saturated heterocycles. The first-order valence-corrected chi connectivity index (χ1v) is 8.97. The average Bonchev–Trinajstić information content (AvgIpc) is 2.49. The molecule has 0 aromatic rings. The largest absolute Gasteiger partial charge is 0.355 e. The number of aliphatic imine (C=N–C) groups is 1. The van der Waals surface area contributed by atoms with Gasteiger partial charge in [0.25, 0.3) is 0 Å². The molecule has 0 amide bonds. The molecule has 22 heavy (non-hydrogen) atoms. The lowest BCUT2D eigenvalue weighted by atomic mass is 10.1. The molecule has 0 aromatic carbocycles. The van der Waals surface area contributed by atoms with E-state index in [4.69, 9.17) is 0 Å². The maximum Gasteiger partial charge on any atom is 0.191 e.